The lowest BCUT2D eigenvalue weighted by molar-refractivity contribution is -0.122. The Morgan fingerprint density at radius 2 is 2.00 bits per heavy atom. The van der Waals surface area contributed by atoms with Gasteiger partial charge < -0.3 is 4.74 Å². The normalized spacial score (nSPS) is 18.1. The molecule has 0 bridgehead atoms. The van der Waals surface area contributed by atoms with Crippen LogP contribution in [-0.4, -0.2) is 27.8 Å². The van der Waals surface area contributed by atoms with Crippen LogP contribution in [0.1, 0.15) is 39.2 Å². The van der Waals surface area contributed by atoms with Gasteiger partial charge in [-0.3, -0.25) is 9.69 Å². The van der Waals surface area contributed by atoms with E-state index in [0.717, 1.165) is 24.2 Å². The molecule has 0 N–H and O–H groups in total. The molecule has 1 amide bonds. The summed E-state index contributed by atoms with van der Waals surface area (Å²) in [5, 5.41) is 0. The lowest BCUT2D eigenvalue weighted by atomic mass is 10.2. The number of thioether (sulfide) groups is 1. The quantitative estimate of drug-likeness (QED) is 0.566. The Bertz CT molecular complexity index is 581. The molecule has 1 aromatic rings. The minimum absolute atomic E-state index is 0.0109. The summed E-state index contributed by atoms with van der Waals surface area (Å²) in [6.07, 6.45) is 3.97. The number of ether oxygens (including phenoxy) is 1. The summed E-state index contributed by atoms with van der Waals surface area (Å²) in [5.41, 5.74) is 0.980. The van der Waals surface area contributed by atoms with E-state index in [-0.39, 0.29) is 12.0 Å². The van der Waals surface area contributed by atoms with Gasteiger partial charge in [0.15, 0.2) is 0 Å². The average molecular weight is 335 g/mol. The predicted octanol–water partition coefficient (Wildman–Crippen LogP) is 4.48. The third-order valence-electron chi connectivity index (χ3n) is 3.41. The molecule has 1 saturated heterocycles. The van der Waals surface area contributed by atoms with Crippen molar-refractivity contribution in [2.75, 3.05) is 6.54 Å². The van der Waals surface area contributed by atoms with Crippen LogP contribution >= 0.6 is 24.0 Å². The molecule has 22 heavy (non-hydrogen) atoms. The van der Waals surface area contributed by atoms with Crippen molar-refractivity contribution >= 4 is 40.3 Å². The van der Waals surface area contributed by atoms with Crippen molar-refractivity contribution in [3.8, 4) is 5.75 Å². The zero-order valence-electron chi connectivity index (χ0n) is 13.2. The Labute approximate surface area is 141 Å². The summed E-state index contributed by atoms with van der Waals surface area (Å²) in [5.74, 6) is 0.863. The topological polar surface area (TPSA) is 29.5 Å². The van der Waals surface area contributed by atoms with E-state index in [9.17, 15) is 4.79 Å². The number of thiocarbonyl (C=S) groups is 1. The predicted molar refractivity (Wildman–Crippen MR) is 97.0 cm³/mol. The summed E-state index contributed by atoms with van der Waals surface area (Å²) >= 11 is 6.64. The number of amides is 1. The first-order chi connectivity index (χ1) is 10.5. The van der Waals surface area contributed by atoms with Crippen LogP contribution in [0.25, 0.3) is 6.08 Å². The van der Waals surface area contributed by atoms with Crippen molar-refractivity contribution in [3.05, 3.63) is 34.7 Å². The van der Waals surface area contributed by atoms with Crippen molar-refractivity contribution in [2.45, 2.75) is 39.7 Å². The molecule has 0 aliphatic carbocycles. The number of benzene rings is 1. The minimum atomic E-state index is 0.0109. The Morgan fingerprint density at radius 3 is 2.59 bits per heavy atom. The molecular formula is C17H21NO2S2. The van der Waals surface area contributed by atoms with Gasteiger partial charge >= 0.3 is 0 Å². The van der Waals surface area contributed by atoms with Crippen LogP contribution in [0.15, 0.2) is 29.2 Å². The van der Waals surface area contributed by atoms with Gasteiger partial charge in [-0.25, -0.2) is 0 Å². The fourth-order valence-corrected chi connectivity index (χ4v) is 3.33. The molecule has 0 radical (unpaired) electrons. The van der Waals surface area contributed by atoms with E-state index in [4.69, 9.17) is 17.0 Å². The largest absolute Gasteiger partial charge is 0.491 e. The first-order valence-corrected chi connectivity index (χ1v) is 8.79. The number of carbonyl (C=O) groups excluding carboxylic acids is 1. The third kappa shape index (κ3) is 4.11. The number of nitrogens with zero attached hydrogens (tertiary/aromatic N) is 1. The van der Waals surface area contributed by atoms with Crippen LogP contribution in [0.4, 0.5) is 0 Å². The van der Waals surface area contributed by atoms with Crippen molar-refractivity contribution < 1.29 is 9.53 Å². The molecule has 1 atom stereocenters. The zero-order valence-corrected chi connectivity index (χ0v) is 14.8. The second-order valence-electron chi connectivity index (χ2n) is 5.24. The van der Waals surface area contributed by atoms with Gasteiger partial charge in [-0.05, 0) is 43.5 Å². The fraction of sp³-hybridized carbons (Fsp3) is 0.412. The van der Waals surface area contributed by atoms with E-state index in [1.54, 1.807) is 4.90 Å². The van der Waals surface area contributed by atoms with E-state index < -0.39 is 0 Å². The number of hydrogen-bond donors (Lipinski definition) is 0. The van der Waals surface area contributed by atoms with Crippen LogP contribution in [-0.2, 0) is 4.79 Å². The highest BCUT2D eigenvalue weighted by Crippen LogP contribution is 2.32. The molecule has 5 heteroatoms. The highest BCUT2D eigenvalue weighted by molar-refractivity contribution is 8.26. The maximum atomic E-state index is 12.3. The Hall–Kier alpha value is -1.33. The van der Waals surface area contributed by atoms with Gasteiger partial charge in [0.05, 0.1) is 11.0 Å². The van der Waals surface area contributed by atoms with E-state index >= 15 is 0 Å². The van der Waals surface area contributed by atoms with Gasteiger partial charge in [0.1, 0.15) is 10.1 Å². The highest BCUT2D eigenvalue weighted by Gasteiger charge is 2.31. The molecule has 0 saturated carbocycles. The van der Waals surface area contributed by atoms with Crippen molar-refractivity contribution in [1.82, 2.24) is 4.90 Å². The van der Waals surface area contributed by atoms with Crippen molar-refractivity contribution in [2.24, 2.45) is 0 Å². The molecule has 1 aliphatic rings. The molecule has 0 aromatic heterocycles. The third-order valence-corrected chi connectivity index (χ3v) is 4.79. The molecule has 0 unspecified atom stereocenters. The molecule has 118 valence electrons. The summed E-state index contributed by atoms with van der Waals surface area (Å²) in [6.45, 7) is 6.87. The van der Waals surface area contributed by atoms with Crippen LogP contribution in [0, 0.1) is 0 Å². The van der Waals surface area contributed by atoms with E-state index in [0.29, 0.717) is 15.8 Å². The second-order valence-corrected chi connectivity index (χ2v) is 6.91. The fourth-order valence-electron chi connectivity index (χ4n) is 2.03. The van der Waals surface area contributed by atoms with Crippen molar-refractivity contribution in [3.63, 3.8) is 0 Å². The van der Waals surface area contributed by atoms with E-state index in [1.165, 1.54) is 11.8 Å². The molecule has 2 rings (SSSR count). The average Bonchev–Trinajstić information content (AvgIpc) is 2.77. The second kappa shape index (κ2) is 7.79. The lowest BCUT2D eigenvalue weighted by Gasteiger charge is -2.12. The van der Waals surface area contributed by atoms with Crippen LogP contribution in [0.2, 0.25) is 0 Å². The Kier molecular flexibility index (Phi) is 6.03. The standard InChI is InChI=1S/C17H21NO2S2/c1-4-10-18-16(19)15(22-17(18)21)11-13-6-8-14(9-7-13)20-12(3)5-2/h6-9,11-12H,4-5,10H2,1-3H3/b15-11+/t12-/m1/s1. The van der Waals surface area contributed by atoms with Crippen LogP contribution in [0.3, 0.4) is 0 Å². The van der Waals surface area contributed by atoms with Crippen LogP contribution in [0.5, 0.6) is 5.75 Å². The number of carbonyl (C=O) groups is 1. The SMILES string of the molecule is CCCN1C(=O)/C(=C\c2ccc(O[C@H](C)CC)cc2)SC1=S. The first kappa shape index (κ1) is 17.0. The summed E-state index contributed by atoms with van der Waals surface area (Å²) in [6, 6.07) is 7.80. The van der Waals surface area contributed by atoms with Gasteiger partial charge in [0.25, 0.3) is 5.91 Å². The first-order valence-electron chi connectivity index (χ1n) is 7.57. The molecule has 1 aliphatic heterocycles. The monoisotopic (exact) mass is 335 g/mol. The zero-order chi connectivity index (χ0) is 16.1. The molecule has 0 spiro atoms. The van der Waals surface area contributed by atoms with Gasteiger partial charge in [-0.2, -0.15) is 0 Å². The van der Waals surface area contributed by atoms with Crippen LogP contribution < -0.4 is 4.74 Å². The smallest absolute Gasteiger partial charge is 0.266 e. The number of rotatable bonds is 6. The van der Waals surface area contributed by atoms with Gasteiger partial charge in [-0.1, -0.05) is 50.0 Å². The lowest BCUT2D eigenvalue weighted by Crippen LogP contribution is -2.28. The van der Waals surface area contributed by atoms with E-state index in [1.807, 2.05) is 44.2 Å². The molecule has 3 nitrogen and oxygen atoms in total. The molecular weight excluding hydrogens is 314 g/mol. The number of hydrogen-bond acceptors (Lipinski definition) is 4. The van der Waals surface area contributed by atoms with E-state index in [2.05, 4.69) is 6.92 Å². The Balaban J connectivity index is 2.10. The van der Waals surface area contributed by atoms with Gasteiger partial charge in [0, 0.05) is 6.54 Å². The minimum Gasteiger partial charge on any atom is -0.491 e. The summed E-state index contributed by atoms with van der Waals surface area (Å²) < 4.78 is 6.40. The summed E-state index contributed by atoms with van der Waals surface area (Å²) in [4.78, 5) is 14.6. The highest BCUT2D eigenvalue weighted by atomic mass is 32.2. The van der Waals surface area contributed by atoms with Crippen molar-refractivity contribution in [1.29, 1.82) is 0 Å². The maximum Gasteiger partial charge on any atom is 0.266 e. The van der Waals surface area contributed by atoms with Gasteiger partial charge in [-0.15, -0.1) is 0 Å². The molecule has 1 aromatic carbocycles. The van der Waals surface area contributed by atoms with Gasteiger partial charge in [0.2, 0.25) is 0 Å². The summed E-state index contributed by atoms with van der Waals surface area (Å²) in [7, 11) is 0. The Morgan fingerprint density at radius 1 is 1.32 bits per heavy atom. The molecule has 1 heterocycles. The molecule has 1 fully saturated rings. The maximum absolute atomic E-state index is 12.3.